The van der Waals surface area contributed by atoms with E-state index in [2.05, 4.69) is 17.4 Å². The molecule has 1 N–H and O–H groups in total. The molecule has 12 heteroatoms. The number of rotatable bonds is 13. The number of halogens is 3. The topological polar surface area (TPSA) is 92.3 Å². The Morgan fingerprint density at radius 3 is 1.92 bits per heavy atom. The minimum Gasteiger partial charge on any atom is -0.433 e. The summed E-state index contributed by atoms with van der Waals surface area (Å²) >= 11 is 19.4. The lowest BCUT2D eigenvalue weighted by atomic mass is 9.97. The zero-order valence-electron chi connectivity index (χ0n) is 27.8. The summed E-state index contributed by atoms with van der Waals surface area (Å²) in [6, 6.07) is 34.4. The van der Waals surface area contributed by atoms with Gasteiger partial charge >= 0.3 is 6.16 Å². The van der Waals surface area contributed by atoms with Crippen molar-refractivity contribution in [3.63, 3.8) is 0 Å². The number of alkyl halides is 3. The standard InChI is InChI=1S/C39H38Cl3NO7S/c1-2-51-36-33(43-37(44)39(40,41)42)35(50-38(45)48-23-31-29-19-11-9-17-27(29)28-18-10-12-20-30(28)31)34(47-22-26-15-7-4-8-16-26)32(49-36)24-46-21-25-13-5-3-6-14-25/h3-20,31-36H,2,21-24H2,1H3,(H,43,44)/t32-,33-,34-,35-,36+/m1/s1. The first-order valence-corrected chi connectivity index (χ1v) is 18.8. The highest BCUT2D eigenvalue weighted by molar-refractivity contribution is 7.99. The lowest BCUT2D eigenvalue weighted by Crippen LogP contribution is -2.66. The van der Waals surface area contributed by atoms with E-state index in [9.17, 15) is 9.59 Å². The van der Waals surface area contributed by atoms with Crippen molar-refractivity contribution in [1.82, 2.24) is 5.32 Å². The predicted octanol–water partition coefficient (Wildman–Crippen LogP) is 8.46. The lowest BCUT2D eigenvalue weighted by molar-refractivity contribution is -0.204. The van der Waals surface area contributed by atoms with Crippen molar-refractivity contribution in [2.45, 2.75) is 59.6 Å². The lowest BCUT2D eigenvalue weighted by Gasteiger charge is -2.46. The van der Waals surface area contributed by atoms with Crippen molar-refractivity contribution in [1.29, 1.82) is 0 Å². The molecule has 1 fully saturated rings. The second-order valence-corrected chi connectivity index (χ2v) is 15.8. The Kier molecular flexibility index (Phi) is 12.9. The third-order valence-electron chi connectivity index (χ3n) is 8.77. The van der Waals surface area contributed by atoms with Crippen molar-refractivity contribution in [2.75, 3.05) is 19.0 Å². The van der Waals surface area contributed by atoms with Crippen LogP contribution in [0.1, 0.15) is 35.1 Å². The van der Waals surface area contributed by atoms with Gasteiger partial charge in [-0.3, -0.25) is 4.79 Å². The van der Waals surface area contributed by atoms with Crippen LogP contribution in [0.2, 0.25) is 0 Å². The van der Waals surface area contributed by atoms with Crippen LogP contribution >= 0.6 is 46.6 Å². The molecule has 6 rings (SSSR count). The minimum absolute atomic E-state index is 0.0353. The fourth-order valence-electron chi connectivity index (χ4n) is 6.44. The largest absolute Gasteiger partial charge is 0.508 e. The van der Waals surface area contributed by atoms with Crippen LogP contribution in [0.5, 0.6) is 0 Å². The van der Waals surface area contributed by atoms with Crippen molar-refractivity contribution >= 4 is 58.6 Å². The SMILES string of the molecule is CCS[C@@H]1O[C@H](COCc2ccccc2)[C@@H](OCc2ccccc2)[C@H](OC(=O)OCC2c3ccccc3-c3ccccc32)[C@H]1NC(=O)C(Cl)(Cl)Cl. The number of fused-ring (bicyclic) bond motifs is 3. The maximum absolute atomic E-state index is 13.7. The first kappa shape index (κ1) is 37.5. The Morgan fingerprint density at radius 1 is 0.765 bits per heavy atom. The molecule has 0 saturated carbocycles. The Hall–Kier alpha value is -3.28. The molecule has 1 aliphatic heterocycles. The van der Waals surface area contributed by atoms with E-state index in [1.54, 1.807) is 0 Å². The molecular formula is C39H38Cl3NO7S. The molecule has 5 atom stereocenters. The maximum atomic E-state index is 13.7. The van der Waals surface area contributed by atoms with Crippen LogP contribution in [-0.4, -0.2) is 64.6 Å². The van der Waals surface area contributed by atoms with E-state index in [1.165, 1.54) is 11.8 Å². The molecule has 1 aliphatic carbocycles. The molecule has 51 heavy (non-hydrogen) atoms. The number of hydrogen-bond acceptors (Lipinski definition) is 8. The van der Waals surface area contributed by atoms with Gasteiger partial charge in [0.1, 0.15) is 30.3 Å². The summed E-state index contributed by atoms with van der Waals surface area (Å²) in [4.78, 5) is 26.9. The van der Waals surface area contributed by atoms with Gasteiger partial charge in [-0.25, -0.2) is 4.79 Å². The van der Waals surface area contributed by atoms with Gasteiger partial charge in [0.15, 0.2) is 6.10 Å². The average molecular weight is 771 g/mol. The Bertz CT molecular complexity index is 1720. The highest BCUT2D eigenvalue weighted by Crippen LogP contribution is 2.44. The molecule has 1 amide bonds. The molecule has 0 aromatic heterocycles. The van der Waals surface area contributed by atoms with Crippen LogP contribution in [-0.2, 0) is 41.7 Å². The average Bonchev–Trinajstić information content (AvgIpc) is 3.45. The van der Waals surface area contributed by atoms with Gasteiger partial charge in [-0.05, 0) is 39.1 Å². The van der Waals surface area contributed by atoms with E-state index < -0.39 is 45.6 Å². The molecule has 1 saturated heterocycles. The van der Waals surface area contributed by atoms with Gasteiger partial charge in [0.2, 0.25) is 0 Å². The number of benzene rings is 4. The molecule has 0 radical (unpaired) electrons. The number of amides is 1. The summed E-state index contributed by atoms with van der Waals surface area (Å²) in [6.07, 6.45) is -3.69. The maximum Gasteiger partial charge on any atom is 0.508 e. The summed E-state index contributed by atoms with van der Waals surface area (Å²) < 4.78 is 28.9. The second-order valence-electron chi connectivity index (χ2n) is 12.1. The first-order chi connectivity index (χ1) is 24.7. The van der Waals surface area contributed by atoms with Crippen molar-refractivity contribution in [3.8, 4) is 11.1 Å². The molecule has 0 bridgehead atoms. The van der Waals surface area contributed by atoms with E-state index in [0.717, 1.165) is 33.4 Å². The third kappa shape index (κ3) is 9.40. The molecule has 8 nitrogen and oxygen atoms in total. The smallest absolute Gasteiger partial charge is 0.433 e. The Morgan fingerprint density at radius 2 is 1.33 bits per heavy atom. The van der Waals surface area contributed by atoms with Crippen LogP contribution in [0.4, 0.5) is 4.79 Å². The van der Waals surface area contributed by atoms with Crippen molar-refractivity contribution in [3.05, 3.63) is 131 Å². The van der Waals surface area contributed by atoms with Crippen LogP contribution in [0, 0.1) is 0 Å². The summed E-state index contributed by atoms with van der Waals surface area (Å²) in [7, 11) is 0. The number of thioether (sulfide) groups is 1. The van der Waals surface area contributed by atoms with E-state index in [1.807, 2.05) is 104 Å². The molecule has 4 aromatic rings. The number of carbonyl (C=O) groups is 2. The molecule has 1 heterocycles. The normalized spacial score (nSPS) is 21.4. The zero-order valence-corrected chi connectivity index (χ0v) is 30.9. The molecule has 4 aromatic carbocycles. The van der Waals surface area contributed by atoms with Crippen LogP contribution in [0.3, 0.4) is 0 Å². The quantitative estimate of drug-likeness (QED) is 0.107. The van der Waals surface area contributed by atoms with E-state index >= 15 is 0 Å². The van der Waals surface area contributed by atoms with Gasteiger partial charge in [0.25, 0.3) is 9.70 Å². The summed E-state index contributed by atoms with van der Waals surface area (Å²) in [5, 5.41) is 2.77. The molecule has 0 spiro atoms. The fraction of sp³-hybridized carbons (Fsp3) is 0.333. The second kappa shape index (κ2) is 17.5. The van der Waals surface area contributed by atoms with Gasteiger partial charge in [0, 0.05) is 5.92 Å². The Balaban J connectivity index is 1.27. The van der Waals surface area contributed by atoms with Gasteiger partial charge in [-0.2, -0.15) is 0 Å². The fourth-order valence-corrected chi connectivity index (χ4v) is 7.59. The zero-order chi connectivity index (χ0) is 35.8. The minimum atomic E-state index is -2.29. The molecule has 0 unspecified atom stereocenters. The van der Waals surface area contributed by atoms with Gasteiger partial charge in [-0.15, -0.1) is 11.8 Å². The van der Waals surface area contributed by atoms with Crippen LogP contribution in [0.15, 0.2) is 109 Å². The number of ether oxygens (including phenoxy) is 5. The van der Waals surface area contributed by atoms with Crippen molar-refractivity contribution in [2.24, 2.45) is 0 Å². The summed E-state index contributed by atoms with van der Waals surface area (Å²) in [5.41, 5.74) is 5.46. The van der Waals surface area contributed by atoms with Crippen LogP contribution < -0.4 is 5.32 Å². The third-order valence-corrected chi connectivity index (χ3v) is 10.4. The van der Waals surface area contributed by atoms with Crippen LogP contribution in [0.25, 0.3) is 11.1 Å². The van der Waals surface area contributed by atoms with Gasteiger partial charge in [0.05, 0.1) is 19.8 Å². The molecule has 2 aliphatic rings. The van der Waals surface area contributed by atoms with Gasteiger partial charge in [-0.1, -0.05) is 151 Å². The van der Waals surface area contributed by atoms with E-state index in [4.69, 9.17) is 58.5 Å². The Labute approximate surface area is 317 Å². The highest BCUT2D eigenvalue weighted by Gasteiger charge is 2.51. The van der Waals surface area contributed by atoms with E-state index in [-0.39, 0.29) is 25.7 Å². The molecular weight excluding hydrogens is 733 g/mol. The number of nitrogens with one attached hydrogen (secondary N) is 1. The first-order valence-electron chi connectivity index (χ1n) is 16.7. The predicted molar refractivity (Wildman–Crippen MR) is 200 cm³/mol. The monoisotopic (exact) mass is 769 g/mol. The number of carbonyl (C=O) groups excluding carboxylic acids is 2. The highest BCUT2D eigenvalue weighted by atomic mass is 35.6. The van der Waals surface area contributed by atoms with Gasteiger partial charge < -0.3 is 29.0 Å². The summed E-state index contributed by atoms with van der Waals surface area (Å²) in [6.45, 7) is 2.56. The van der Waals surface area contributed by atoms with E-state index in [0.29, 0.717) is 12.4 Å². The molecule has 268 valence electrons. The van der Waals surface area contributed by atoms with Crippen molar-refractivity contribution < 1.29 is 33.3 Å². The summed E-state index contributed by atoms with van der Waals surface area (Å²) in [5.74, 6) is -0.480. The number of hydrogen-bond donors (Lipinski definition) is 1.